The first-order valence-electron chi connectivity index (χ1n) is 13.1. The van der Waals surface area contributed by atoms with Crippen molar-refractivity contribution in [2.45, 2.75) is 12.4 Å². The third kappa shape index (κ3) is 11.2. The van der Waals surface area contributed by atoms with Crippen molar-refractivity contribution in [1.82, 2.24) is 19.9 Å². The molecule has 0 aliphatic heterocycles. The van der Waals surface area contributed by atoms with Crippen LogP contribution in [0.2, 0.25) is 0 Å². The van der Waals surface area contributed by atoms with E-state index in [9.17, 15) is 35.1 Å². The van der Waals surface area contributed by atoms with Crippen molar-refractivity contribution in [3.63, 3.8) is 0 Å². The molecular formula is C34H20F8IrN4+. The molecule has 4 aromatic heterocycles. The average Bonchev–Trinajstić information content (AvgIpc) is 3.06. The average molecular weight is 829 g/mol. The zero-order chi connectivity index (χ0) is 33.2. The molecule has 4 nitrogen and oxygen atoms in total. The molecule has 240 valence electrons. The second-order valence-electron chi connectivity index (χ2n) is 9.13. The first-order chi connectivity index (χ1) is 21.9. The summed E-state index contributed by atoms with van der Waals surface area (Å²) >= 11 is 0. The minimum atomic E-state index is -4.51. The van der Waals surface area contributed by atoms with Gasteiger partial charge in [-0.25, -0.2) is 0 Å². The van der Waals surface area contributed by atoms with Crippen LogP contribution in [-0.2, 0) is 32.5 Å². The molecule has 0 saturated heterocycles. The van der Waals surface area contributed by atoms with Gasteiger partial charge in [-0.3, -0.25) is 18.7 Å². The molecular weight excluding hydrogens is 809 g/mol. The van der Waals surface area contributed by atoms with Gasteiger partial charge in [0.25, 0.3) is 0 Å². The standard InChI is InChI=1S/C12H6F6N2.2C11H7FN.Ir/c13-11(14,15)7-1-3-9(19-5-7)10-4-2-8(6-20-10)12(16,17)18;2*12-10-6-4-9(5-7-10)11-3-1-2-8-13-11;/h1-6H;2*1-4,6-8H;/q;2*-1;+3. The van der Waals surface area contributed by atoms with Crippen LogP contribution in [0, 0.1) is 23.8 Å². The molecule has 13 heteroatoms. The van der Waals surface area contributed by atoms with Crippen molar-refractivity contribution >= 4 is 0 Å². The Morgan fingerprint density at radius 1 is 0.447 bits per heavy atom. The summed E-state index contributed by atoms with van der Waals surface area (Å²) in [5.74, 6) is -0.556. The molecule has 6 aromatic rings. The van der Waals surface area contributed by atoms with E-state index < -0.39 is 23.5 Å². The van der Waals surface area contributed by atoms with Crippen molar-refractivity contribution < 1.29 is 55.2 Å². The third-order valence-electron chi connectivity index (χ3n) is 5.88. The minimum absolute atomic E-state index is 0. The predicted octanol–water partition coefficient (Wildman–Crippen LogP) is 9.55. The van der Waals surface area contributed by atoms with Crippen molar-refractivity contribution in [3.05, 3.63) is 157 Å². The van der Waals surface area contributed by atoms with Crippen LogP contribution >= 0.6 is 0 Å². The minimum Gasteiger partial charge on any atom is -0.305 e. The van der Waals surface area contributed by atoms with Gasteiger partial charge in [0.1, 0.15) is 0 Å². The molecule has 0 unspecified atom stereocenters. The molecule has 47 heavy (non-hydrogen) atoms. The molecule has 0 atom stereocenters. The summed E-state index contributed by atoms with van der Waals surface area (Å²) in [6, 6.07) is 29.3. The van der Waals surface area contributed by atoms with E-state index in [1.165, 1.54) is 24.3 Å². The van der Waals surface area contributed by atoms with Gasteiger partial charge in [0, 0.05) is 36.4 Å². The number of rotatable bonds is 3. The van der Waals surface area contributed by atoms with E-state index in [4.69, 9.17) is 0 Å². The Morgan fingerprint density at radius 3 is 1.11 bits per heavy atom. The summed E-state index contributed by atoms with van der Waals surface area (Å²) in [5.41, 5.74) is 1.48. The van der Waals surface area contributed by atoms with Gasteiger partial charge >= 0.3 is 32.5 Å². The largest absolute Gasteiger partial charge is 3.00 e. The molecule has 0 spiro atoms. The van der Waals surface area contributed by atoms with Gasteiger partial charge in [-0.05, 0) is 47.8 Å². The van der Waals surface area contributed by atoms with Gasteiger partial charge in [0.2, 0.25) is 0 Å². The van der Waals surface area contributed by atoms with Crippen LogP contribution in [-0.4, -0.2) is 19.9 Å². The maximum atomic E-state index is 12.6. The van der Waals surface area contributed by atoms with E-state index in [1.807, 2.05) is 36.4 Å². The summed E-state index contributed by atoms with van der Waals surface area (Å²) < 4.78 is 99.1. The van der Waals surface area contributed by atoms with Gasteiger partial charge in [-0.2, -0.15) is 26.3 Å². The summed E-state index contributed by atoms with van der Waals surface area (Å²) in [7, 11) is 0. The topological polar surface area (TPSA) is 51.6 Å². The number of halogens is 8. The SMILES string of the molecule is FC(F)(F)c1ccc(-c2ccc(C(F)(F)F)cn2)nc1.Fc1c[c-]c(-c2ccccn2)cc1.Fc1c[c-]c(-c2ccccn2)cc1.[Ir+3]. The van der Waals surface area contributed by atoms with Gasteiger partial charge in [0.15, 0.2) is 0 Å². The summed E-state index contributed by atoms with van der Waals surface area (Å²) in [5, 5.41) is 0. The Balaban J connectivity index is 0.000000196. The Labute approximate surface area is 277 Å². The van der Waals surface area contributed by atoms with E-state index in [0.29, 0.717) is 12.4 Å². The predicted molar refractivity (Wildman–Crippen MR) is 154 cm³/mol. The maximum Gasteiger partial charge on any atom is 3.00 e. The fourth-order valence-electron chi connectivity index (χ4n) is 3.60. The Morgan fingerprint density at radius 2 is 0.851 bits per heavy atom. The molecule has 4 heterocycles. The molecule has 6 rings (SSSR count). The molecule has 0 aliphatic carbocycles. The smallest absolute Gasteiger partial charge is 0.305 e. The number of hydrogen-bond donors (Lipinski definition) is 0. The fourth-order valence-corrected chi connectivity index (χ4v) is 3.60. The molecule has 0 aliphatic rings. The summed E-state index contributed by atoms with van der Waals surface area (Å²) in [4.78, 5) is 15.3. The van der Waals surface area contributed by atoms with E-state index in [-0.39, 0.29) is 43.1 Å². The number of pyridine rings is 4. The maximum absolute atomic E-state index is 12.6. The summed E-state index contributed by atoms with van der Waals surface area (Å²) in [6.45, 7) is 0. The summed E-state index contributed by atoms with van der Waals surface area (Å²) in [6.07, 6.45) is -4.42. The second-order valence-corrected chi connectivity index (χ2v) is 9.13. The van der Waals surface area contributed by atoms with Gasteiger partial charge in [-0.1, -0.05) is 24.3 Å². The zero-order valence-electron chi connectivity index (χ0n) is 23.7. The molecule has 0 radical (unpaired) electrons. The van der Waals surface area contributed by atoms with Crippen molar-refractivity contribution in [1.29, 1.82) is 0 Å². The van der Waals surface area contributed by atoms with Crippen LogP contribution < -0.4 is 0 Å². The first-order valence-corrected chi connectivity index (χ1v) is 13.1. The van der Waals surface area contributed by atoms with E-state index in [0.717, 1.165) is 46.8 Å². The van der Waals surface area contributed by atoms with E-state index in [2.05, 4.69) is 32.1 Å². The van der Waals surface area contributed by atoms with Crippen LogP contribution in [0.5, 0.6) is 0 Å². The van der Waals surface area contributed by atoms with Crippen LogP contribution in [0.15, 0.2) is 122 Å². The molecule has 0 amide bonds. The molecule has 0 fully saturated rings. The molecule has 0 bridgehead atoms. The third-order valence-corrected chi connectivity index (χ3v) is 5.88. The van der Waals surface area contributed by atoms with Crippen LogP contribution in [0.25, 0.3) is 33.9 Å². The zero-order valence-corrected chi connectivity index (χ0v) is 26.1. The van der Waals surface area contributed by atoms with Crippen molar-refractivity contribution in [2.24, 2.45) is 0 Å². The molecule has 2 aromatic carbocycles. The normalized spacial score (nSPS) is 10.8. The number of alkyl halides is 6. The Hall–Kier alpha value is -4.87. The molecule has 0 saturated carbocycles. The number of benzene rings is 2. The van der Waals surface area contributed by atoms with Crippen LogP contribution in [0.4, 0.5) is 35.1 Å². The van der Waals surface area contributed by atoms with E-state index in [1.54, 1.807) is 24.5 Å². The Kier molecular flexibility index (Phi) is 12.9. The van der Waals surface area contributed by atoms with Crippen LogP contribution in [0.3, 0.4) is 0 Å². The number of hydrogen-bond acceptors (Lipinski definition) is 4. The van der Waals surface area contributed by atoms with Crippen molar-refractivity contribution in [3.8, 4) is 33.9 Å². The second kappa shape index (κ2) is 16.6. The van der Waals surface area contributed by atoms with Gasteiger partial charge in [-0.15, -0.1) is 59.7 Å². The van der Waals surface area contributed by atoms with E-state index >= 15 is 0 Å². The Bertz CT molecular complexity index is 1650. The van der Waals surface area contributed by atoms with Crippen molar-refractivity contribution in [2.75, 3.05) is 0 Å². The number of aromatic nitrogens is 4. The van der Waals surface area contributed by atoms with Gasteiger partial charge < -0.3 is 9.97 Å². The quantitative estimate of drug-likeness (QED) is 0.132. The van der Waals surface area contributed by atoms with Gasteiger partial charge in [0.05, 0.1) is 22.5 Å². The first kappa shape index (κ1) is 36.6. The fraction of sp³-hybridized carbons (Fsp3) is 0.0588. The number of nitrogens with zero attached hydrogens (tertiary/aromatic N) is 4. The monoisotopic (exact) mass is 829 g/mol. The van der Waals surface area contributed by atoms with Crippen LogP contribution in [0.1, 0.15) is 11.1 Å². The molecule has 0 N–H and O–H groups in total.